The summed E-state index contributed by atoms with van der Waals surface area (Å²) >= 11 is 1.55. The van der Waals surface area contributed by atoms with Crippen LogP contribution in [0.3, 0.4) is 0 Å². The van der Waals surface area contributed by atoms with Crippen LogP contribution in [0.15, 0.2) is 46.2 Å². The van der Waals surface area contributed by atoms with Gasteiger partial charge in [0.1, 0.15) is 5.75 Å². The summed E-state index contributed by atoms with van der Waals surface area (Å²) in [4.78, 5) is 12.9. The van der Waals surface area contributed by atoms with Gasteiger partial charge in [-0.3, -0.25) is 9.52 Å². The Morgan fingerprint density at radius 3 is 2.73 bits per heavy atom. The van der Waals surface area contributed by atoms with Crippen LogP contribution in [0.25, 0.3) is 0 Å². The lowest BCUT2D eigenvalue weighted by Gasteiger charge is -2.14. The van der Waals surface area contributed by atoms with Crippen LogP contribution in [0.2, 0.25) is 0 Å². The number of hydrogen-bond donors (Lipinski definition) is 2. The fraction of sp³-hybridized carbons (Fsp3) is 0.278. The van der Waals surface area contributed by atoms with Crippen molar-refractivity contribution in [2.45, 2.75) is 35.3 Å². The topological polar surface area (TPSA) is 84.5 Å². The molecular weight excluding hydrogens is 372 g/mol. The van der Waals surface area contributed by atoms with Gasteiger partial charge < -0.3 is 10.1 Å². The second-order valence-corrected chi connectivity index (χ2v) is 9.31. The van der Waals surface area contributed by atoms with Crippen LogP contribution in [-0.2, 0) is 14.8 Å². The van der Waals surface area contributed by atoms with E-state index in [1.165, 1.54) is 13.2 Å². The van der Waals surface area contributed by atoms with Crippen LogP contribution in [0.5, 0.6) is 5.75 Å². The van der Waals surface area contributed by atoms with Crippen molar-refractivity contribution in [1.82, 2.24) is 0 Å². The average Bonchev–Trinajstić information content (AvgIpc) is 2.70. The standard InChI is InChI=1S/C18H20N2O4S2/c1-11-4-6-16(24-3)14(8-11)20-26(22,23)13-5-7-17-15(10-13)19-18(21)9-12(2)25-17/h4-8,10,12,20H,9H2,1-3H3,(H,19,21)/t12-/m0/s1. The van der Waals surface area contributed by atoms with Gasteiger partial charge in [-0.15, -0.1) is 11.8 Å². The first-order valence-electron chi connectivity index (χ1n) is 8.06. The molecule has 138 valence electrons. The number of benzene rings is 2. The zero-order valence-corrected chi connectivity index (χ0v) is 16.3. The van der Waals surface area contributed by atoms with Crippen molar-refractivity contribution in [3.05, 3.63) is 42.0 Å². The van der Waals surface area contributed by atoms with E-state index in [1.807, 2.05) is 19.9 Å². The maximum Gasteiger partial charge on any atom is 0.262 e. The van der Waals surface area contributed by atoms with Gasteiger partial charge in [0.15, 0.2) is 0 Å². The van der Waals surface area contributed by atoms with Crippen molar-refractivity contribution in [3.8, 4) is 5.75 Å². The van der Waals surface area contributed by atoms with Gasteiger partial charge in [-0.1, -0.05) is 13.0 Å². The summed E-state index contributed by atoms with van der Waals surface area (Å²) in [7, 11) is -2.34. The SMILES string of the molecule is COc1ccc(C)cc1NS(=O)(=O)c1ccc2c(c1)NC(=O)C[C@H](C)S2. The summed E-state index contributed by atoms with van der Waals surface area (Å²) in [6, 6.07) is 10.0. The Bertz CT molecular complexity index is 958. The molecule has 2 N–H and O–H groups in total. The molecule has 0 aromatic heterocycles. The highest BCUT2D eigenvalue weighted by Crippen LogP contribution is 2.37. The Hall–Kier alpha value is -2.19. The molecule has 1 atom stereocenters. The van der Waals surface area contributed by atoms with E-state index in [4.69, 9.17) is 4.74 Å². The predicted octanol–water partition coefficient (Wildman–Crippen LogP) is 3.63. The van der Waals surface area contributed by atoms with Crippen LogP contribution in [0.1, 0.15) is 18.9 Å². The van der Waals surface area contributed by atoms with Crippen LogP contribution >= 0.6 is 11.8 Å². The molecule has 0 bridgehead atoms. The summed E-state index contributed by atoms with van der Waals surface area (Å²) in [5.74, 6) is 0.318. The third-order valence-corrected chi connectivity index (χ3v) is 6.48. The fourth-order valence-electron chi connectivity index (χ4n) is 2.70. The molecule has 2 aromatic rings. The van der Waals surface area contributed by atoms with Crippen LogP contribution < -0.4 is 14.8 Å². The monoisotopic (exact) mass is 392 g/mol. The van der Waals surface area contributed by atoms with Gasteiger partial charge in [0.2, 0.25) is 5.91 Å². The summed E-state index contributed by atoms with van der Waals surface area (Å²) in [5.41, 5.74) is 1.79. The van der Waals surface area contributed by atoms with Crippen molar-refractivity contribution >= 4 is 39.1 Å². The molecule has 2 aromatic carbocycles. The van der Waals surface area contributed by atoms with E-state index >= 15 is 0 Å². The highest BCUT2D eigenvalue weighted by molar-refractivity contribution is 8.00. The number of fused-ring (bicyclic) bond motifs is 1. The normalized spacial score (nSPS) is 17.0. The average molecular weight is 393 g/mol. The molecule has 6 nitrogen and oxygen atoms in total. The van der Waals surface area contributed by atoms with E-state index in [0.717, 1.165) is 10.5 Å². The fourth-order valence-corrected chi connectivity index (χ4v) is 4.84. The van der Waals surface area contributed by atoms with Gasteiger partial charge in [-0.05, 0) is 42.8 Å². The molecule has 0 spiro atoms. The molecule has 8 heteroatoms. The Labute approximate surface area is 157 Å². The molecule has 3 rings (SSSR count). The summed E-state index contributed by atoms with van der Waals surface area (Å²) < 4.78 is 33.4. The van der Waals surface area contributed by atoms with Crippen molar-refractivity contribution in [3.63, 3.8) is 0 Å². The van der Waals surface area contributed by atoms with Gasteiger partial charge in [-0.25, -0.2) is 8.42 Å². The van der Waals surface area contributed by atoms with Gasteiger partial charge in [0, 0.05) is 16.6 Å². The zero-order valence-electron chi connectivity index (χ0n) is 14.7. The molecule has 1 aliphatic heterocycles. The van der Waals surface area contributed by atoms with E-state index in [1.54, 1.807) is 36.0 Å². The van der Waals surface area contributed by atoms with E-state index < -0.39 is 10.0 Å². The van der Waals surface area contributed by atoms with E-state index in [9.17, 15) is 13.2 Å². The second-order valence-electron chi connectivity index (χ2n) is 6.15. The van der Waals surface area contributed by atoms with E-state index in [-0.39, 0.29) is 16.1 Å². The van der Waals surface area contributed by atoms with Crippen molar-refractivity contribution in [2.24, 2.45) is 0 Å². The second kappa shape index (κ2) is 7.20. The number of amides is 1. The molecule has 0 fully saturated rings. The number of nitrogens with one attached hydrogen (secondary N) is 2. The van der Waals surface area contributed by atoms with Gasteiger partial charge in [-0.2, -0.15) is 0 Å². The number of carbonyl (C=O) groups excluding carboxylic acids is 1. The van der Waals surface area contributed by atoms with Crippen LogP contribution in [0, 0.1) is 6.92 Å². The third kappa shape index (κ3) is 3.96. The first-order chi connectivity index (χ1) is 12.3. The minimum Gasteiger partial charge on any atom is -0.495 e. The predicted molar refractivity (Wildman–Crippen MR) is 104 cm³/mol. The number of anilines is 2. The lowest BCUT2D eigenvalue weighted by atomic mass is 10.2. The number of sulfonamides is 1. The molecule has 0 aliphatic carbocycles. The molecule has 0 saturated heterocycles. The van der Waals surface area contributed by atoms with Crippen molar-refractivity contribution in [1.29, 1.82) is 0 Å². The molecular formula is C18H20N2O4S2. The molecule has 1 amide bonds. The number of ether oxygens (including phenoxy) is 1. The Morgan fingerprint density at radius 1 is 1.23 bits per heavy atom. The lowest BCUT2D eigenvalue weighted by Crippen LogP contribution is -2.15. The Kier molecular flexibility index (Phi) is 5.15. The quantitative estimate of drug-likeness (QED) is 0.830. The minimum atomic E-state index is -3.83. The first-order valence-corrected chi connectivity index (χ1v) is 10.4. The number of aryl methyl sites for hydroxylation is 1. The molecule has 26 heavy (non-hydrogen) atoms. The largest absolute Gasteiger partial charge is 0.495 e. The smallest absolute Gasteiger partial charge is 0.262 e. The van der Waals surface area contributed by atoms with Crippen LogP contribution in [0.4, 0.5) is 11.4 Å². The summed E-state index contributed by atoms with van der Waals surface area (Å²) in [6.07, 6.45) is 0.389. The third-order valence-electron chi connectivity index (χ3n) is 3.94. The van der Waals surface area contributed by atoms with Gasteiger partial charge in [0.25, 0.3) is 10.0 Å². The number of thioether (sulfide) groups is 1. The van der Waals surface area contributed by atoms with Crippen molar-refractivity contribution < 1.29 is 17.9 Å². The Morgan fingerprint density at radius 2 is 2.00 bits per heavy atom. The highest BCUT2D eigenvalue weighted by atomic mass is 32.2. The maximum absolute atomic E-state index is 12.8. The van der Waals surface area contributed by atoms with E-state index in [2.05, 4.69) is 10.0 Å². The Balaban J connectivity index is 1.96. The number of carbonyl (C=O) groups is 1. The zero-order chi connectivity index (χ0) is 18.9. The minimum absolute atomic E-state index is 0.0789. The molecule has 0 unspecified atom stereocenters. The highest BCUT2D eigenvalue weighted by Gasteiger charge is 2.23. The number of rotatable bonds is 4. The summed E-state index contributed by atoms with van der Waals surface area (Å²) in [5, 5.41) is 2.92. The van der Waals surface area contributed by atoms with Gasteiger partial charge in [0.05, 0.1) is 23.4 Å². The lowest BCUT2D eigenvalue weighted by molar-refractivity contribution is -0.116. The molecule has 0 radical (unpaired) electrons. The molecule has 1 aliphatic rings. The molecule has 1 heterocycles. The number of methoxy groups -OCH3 is 1. The summed E-state index contributed by atoms with van der Waals surface area (Å²) in [6.45, 7) is 3.84. The number of hydrogen-bond acceptors (Lipinski definition) is 5. The van der Waals surface area contributed by atoms with Crippen LogP contribution in [-0.4, -0.2) is 26.7 Å². The maximum atomic E-state index is 12.8. The van der Waals surface area contributed by atoms with E-state index in [0.29, 0.717) is 23.5 Å². The van der Waals surface area contributed by atoms with Crippen molar-refractivity contribution in [2.75, 3.05) is 17.1 Å². The molecule has 0 saturated carbocycles. The van der Waals surface area contributed by atoms with Gasteiger partial charge >= 0.3 is 0 Å². The first kappa shape index (κ1) is 18.6.